The van der Waals surface area contributed by atoms with Gasteiger partial charge >= 0.3 is 0 Å². The molecule has 0 radical (unpaired) electrons. The number of carbonyl (C=O) groups is 1. The van der Waals surface area contributed by atoms with Gasteiger partial charge in [0.25, 0.3) is 0 Å². The molecule has 0 unspecified atom stereocenters. The molecule has 0 atom stereocenters. The van der Waals surface area contributed by atoms with Crippen LogP contribution in [0.5, 0.6) is 0 Å². The van der Waals surface area contributed by atoms with Gasteiger partial charge in [0.2, 0.25) is 21.9 Å². The van der Waals surface area contributed by atoms with Crippen molar-refractivity contribution < 1.29 is 13.2 Å². The highest BCUT2D eigenvalue weighted by Gasteiger charge is 2.30. The average Bonchev–Trinajstić information content (AvgIpc) is 3.29. The molecule has 10 heteroatoms. The molecular weight excluding hydrogens is 392 g/mol. The van der Waals surface area contributed by atoms with Gasteiger partial charge in [-0.15, -0.1) is 5.10 Å². The maximum atomic E-state index is 12.0. The number of amides is 1. The van der Waals surface area contributed by atoms with Gasteiger partial charge in [-0.1, -0.05) is 6.07 Å². The van der Waals surface area contributed by atoms with Gasteiger partial charge in [-0.3, -0.25) is 14.8 Å². The largest absolute Gasteiger partial charge is 0.353 e. The van der Waals surface area contributed by atoms with Gasteiger partial charge in [-0.05, 0) is 49.2 Å². The molecule has 9 nitrogen and oxygen atoms in total. The van der Waals surface area contributed by atoms with E-state index in [1.807, 2.05) is 30.3 Å². The Labute approximate surface area is 166 Å². The lowest BCUT2D eigenvalue weighted by molar-refractivity contribution is -0.117. The normalized spacial score (nSPS) is 14.4. The van der Waals surface area contributed by atoms with Crippen LogP contribution in [0.4, 0.5) is 11.6 Å². The Morgan fingerprint density at radius 3 is 2.79 bits per heavy atom. The molecule has 1 aliphatic carbocycles. The van der Waals surface area contributed by atoms with Crippen LogP contribution in [0.25, 0.3) is 27.9 Å². The van der Waals surface area contributed by atoms with E-state index < -0.39 is 10.0 Å². The van der Waals surface area contributed by atoms with Crippen molar-refractivity contribution in [3.8, 4) is 11.4 Å². The topological polar surface area (TPSA) is 121 Å². The maximum Gasteiger partial charge on any atom is 0.249 e. The van der Waals surface area contributed by atoms with Crippen LogP contribution in [0, 0.1) is 5.92 Å². The van der Waals surface area contributed by atoms with Crippen molar-refractivity contribution in [1.82, 2.24) is 19.6 Å². The molecule has 0 spiro atoms. The SMILES string of the molecule is CS(=O)(=O)Nc1ccc2[nH]c(-c3cccc4nc(NC(=O)C5CC5)nn34)cc2c1. The summed E-state index contributed by atoms with van der Waals surface area (Å²) in [5, 5.41) is 8.06. The molecule has 3 N–H and O–H groups in total. The first kappa shape index (κ1) is 17.7. The van der Waals surface area contributed by atoms with Crippen molar-refractivity contribution in [3.05, 3.63) is 42.5 Å². The summed E-state index contributed by atoms with van der Waals surface area (Å²) in [7, 11) is -3.35. The van der Waals surface area contributed by atoms with E-state index in [0.717, 1.165) is 41.4 Å². The number of aromatic amines is 1. The minimum absolute atomic E-state index is 0.0426. The van der Waals surface area contributed by atoms with E-state index in [2.05, 4.69) is 25.1 Å². The zero-order chi connectivity index (χ0) is 20.2. The summed E-state index contributed by atoms with van der Waals surface area (Å²) in [6.07, 6.45) is 2.94. The second-order valence-electron chi connectivity index (χ2n) is 7.24. The number of sulfonamides is 1. The quantitative estimate of drug-likeness (QED) is 0.467. The number of aromatic nitrogens is 4. The Morgan fingerprint density at radius 2 is 2.03 bits per heavy atom. The van der Waals surface area contributed by atoms with Crippen molar-refractivity contribution in [3.63, 3.8) is 0 Å². The van der Waals surface area contributed by atoms with Crippen LogP contribution in [0.1, 0.15) is 12.8 Å². The molecule has 1 fully saturated rings. The van der Waals surface area contributed by atoms with E-state index in [1.165, 1.54) is 0 Å². The monoisotopic (exact) mass is 410 g/mol. The van der Waals surface area contributed by atoms with Gasteiger partial charge in [-0.2, -0.15) is 4.98 Å². The number of hydrogen-bond acceptors (Lipinski definition) is 5. The first-order valence-electron chi connectivity index (χ1n) is 9.13. The summed E-state index contributed by atoms with van der Waals surface area (Å²) in [4.78, 5) is 19.7. The number of anilines is 2. The minimum Gasteiger partial charge on any atom is -0.353 e. The fraction of sp³-hybridized carbons (Fsp3) is 0.211. The zero-order valence-corrected chi connectivity index (χ0v) is 16.3. The van der Waals surface area contributed by atoms with Crippen LogP contribution in [-0.4, -0.2) is 40.2 Å². The number of hydrogen-bond donors (Lipinski definition) is 3. The maximum absolute atomic E-state index is 12.0. The Balaban J connectivity index is 1.53. The molecular formula is C19H18N6O3S. The number of nitrogens with one attached hydrogen (secondary N) is 3. The molecule has 5 rings (SSSR count). The third kappa shape index (κ3) is 3.54. The highest BCUT2D eigenvalue weighted by atomic mass is 32.2. The molecule has 0 saturated heterocycles. The second-order valence-corrected chi connectivity index (χ2v) is 8.99. The number of rotatable bonds is 5. The van der Waals surface area contributed by atoms with E-state index in [-0.39, 0.29) is 17.8 Å². The fourth-order valence-corrected chi connectivity index (χ4v) is 3.82. The number of nitrogens with zero attached hydrogens (tertiary/aromatic N) is 3. The van der Waals surface area contributed by atoms with Crippen molar-refractivity contribution in [2.75, 3.05) is 16.3 Å². The van der Waals surface area contributed by atoms with Gasteiger partial charge in [0.1, 0.15) is 0 Å². The van der Waals surface area contributed by atoms with Gasteiger partial charge in [-0.25, -0.2) is 12.9 Å². The van der Waals surface area contributed by atoms with Crippen molar-refractivity contribution in [2.24, 2.45) is 5.92 Å². The molecule has 1 aliphatic rings. The van der Waals surface area contributed by atoms with Crippen LogP contribution < -0.4 is 10.0 Å². The zero-order valence-electron chi connectivity index (χ0n) is 15.5. The molecule has 3 aromatic heterocycles. The summed E-state index contributed by atoms with van der Waals surface area (Å²) in [6.45, 7) is 0. The molecule has 148 valence electrons. The number of H-pyrrole nitrogens is 1. The van der Waals surface area contributed by atoms with E-state index >= 15 is 0 Å². The van der Waals surface area contributed by atoms with Crippen molar-refractivity contribution in [2.45, 2.75) is 12.8 Å². The van der Waals surface area contributed by atoms with E-state index in [1.54, 1.807) is 16.6 Å². The predicted molar refractivity (Wildman–Crippen MR) is 110 cm³/mol. The molecule has 1 saturated carbocycles. The summed E-state index contributed by atoms with van der Waals surface area (Å²) >= 11 is 0. The van der Waals surface area contributed by atoms with E-state index in [9.17, 15) is 13.2 Å². The Bertz CT molecular complexity index is 1370. The lowest BCUT2D eigenvalue weighted by Crippen LogP contribution is -2.14. The number of pyridine rings is 1. The lowest BCUT2D eigenvalue weighted by atomic mass is 10.2. The van der Waals surface area contributed by atoms with Crippen LogP contribution in [0.15, 0.2) is 42.5 Å². The van der Waals surface area contributed by atoms with Crippen LogP contribution >= 0.6 is 0 Å². The van der Waals surface area contributed by atoms with Crippen molar-refractivity contribution in [1.29, 1.82) is 0 Å². The summed E-state index contributed by atoms with van der Waals surface area (Å²) in [5.41, 5.74) is 3.54. The summed E-state index contributed by atoms with van der Waals surface area (Å²) in [6, 6.07) is 12.8. The number of fused-ring (bicyclic) bond motifs is 2. The Hall–Kier alpha value is -3.40. The molecule has 0 aliphatic heterocycles. The number of benzene rings is 1. The van der Waals surface area contributed by atoms with Gasteiger partial charge in [0.05, 0.1) is 17.6 Å². The molecule has 29 heavy (non-hydrogen) atoms. The van der Waals surface area contributed by atoms with E-state index in [0.29, 0.717) is 11.3 Å². The molecule has 3 heterocycles. The van der Waals surface area contributed by atoms with Gasteiger partial charge in [0, 0.05) is 22.5 Å². The van der Waals surface area contributed by atoms with E-state index in [4.69, 9.17) is 0 Å². The Morgan fingerprint density at radius 1 is 1.21 bits per heavy atom. The van der Waals surface area contributed by atoms with Gasteiger partial charge in [0.15, 0.2) is 5.65 Å². The summed E-state index contributed by atoms with van der Waals surface area (Å²) < 4.78 is 27.1. The highest BCUT2D eigenvalue weighted by Crippen LogP contribution is 2.30. The molecule has 0 bridgehead atoms. The average molecular weight is 410 g/mol. The van der Waals surface area contributed by atoms with Gasteiger partial charge < -0.3 is 4.98 Å². The standard InChI is InChI=1S/C19H18N6O3S/c1-29(27,28)24-13-7-8-14-12(9-13)10-15(20-14)16-3-2-4-17-21-19(23-25(16)17)22-18(26)11-5-6-11/h2-4,7-11,20,24H,5-6H2,1H3,(H,22,23,26). The molecule has 1 aromatic carbocycles. The summed E-state index contributed by atoms with van der Waals surface area (Å²) in [5.74, 6) is 0.314. The minimum atomic E-state index is -3.35. The molecule has 4 aromatic rings. The lowest BCUT2D eigenvalue weighted by Gasteiger charge is -2.02. The first-order chi connectivity index (χ1) is 13.9. The third-order valence-electron chi connectivity index (χ3n) is 4.74. The predicted octanol–water partition coefficient (Wildman–Crippen LogP) is 2.60. The fourth-order valence-electron chi connectivity index (χ4n) is 3.27. The van der Waals surface area contributed by atoms with Crippen molar-refractivity contribution >= 4 is 44.1 Å². The Kier molecular flexibility index (Phi) is 3.85. The molecule has 1 amide bonds. The second kappa shape index (κ2) is 6.31. The smallest absolute Gasteiger partial charge is 0.249 e. The van der Waals surface area contributed by atoms with Crippen LogP contribution in [0.2, 0.25) is 0 Å². The van der Waals surface area contributed by atoms with Crippen LogP contribution in [-0.2, 0) is 14.8 Å². The third-order valence-corrected chi connectivity index (χ3v) is 5.35. The first-order valence-corrected chi connectivity index (χ1v) is 11.0. The number of carbonyl (C=O) groups excluding carboxylic acids is 1. The van der Waals surface area contributed by atoms with Crippen LogP contribution in [0.3, 0.4) is 0 Å². The highest BCUT2D eigenvalue weighted by molar-refractivity contribution is 7.92.